The molecule has 2 N–H and O–H groups in total. The largest absolute Gasteiger partial charge is 0.318 e. The summed E-state index contributed by atoms with van der Waals surface area (Å²) in [7, 11) is -1.76. The van der Waals surface area contributed by atoms with E-state index in [1.165, 1.54) is 0 Å². The van der Waals surface area contributed by atoms with Gasteiger partial charge >= 0.3 is 0 Å². The van der Waals surface area contributed by atoms with E-state index in [1.807, 2.05) is 13.0 Å². The van der Waals surface area contributed by atoms with Crippen molar-refractivity contribution in [1.29, 1.82) is 0 Å². The molecule has 0 saturated heterocycles. The molecule has 0 unspecified atom stereocenters. The van der Waals surface area contributed by atoms with Gasteiger partial charge in [0.25, 0.3) is 0 Å². The van der Waals surface area contributed by atoms with Crippen LogP contribution in [0.15, 0.2) is 23.1 Å². The van der Waals surface area contributed by atoms with Crippen molar-refractivity contribution in [3.8, 4) is 0 Å². The predicted octanol–water partition coefficient (Wildman–Crippen LogP) is 2.21. The second-order valence-corrected chi connectivity index (χ2v) is 6.16. The Hall–Kier alpha value is -0.330. The molecule has 0 amide bonds. The monoisotopic (exact) mass is 326 g/mol. The topological polar surface area (TPSA) is 58.2 Å². The summed E-state index contributed by atoms with van der Waals surface area (Å²) in [5, 5.41) is 3.13. The van der Waals surface area contributed by atoms with Crippen molar-refractivity contribution < 1.29 is 8.42 Å². The SMILES string of the molecule is CCCc1ccc(Cl)c(S(=O)(=O)NCCNC)c1.Cl. The molecular formula is C12H20Cl2N2O2S. The Labute approximate surface area is 126 Å². The van der Waals surface area contributed by atoms with Gasteiger partial charge in [0.1, 0.15) is 4.90 Å². The quantitative estimate of drug-likeness (QED) is 0.755. The van der Waals surface area contributed by atoms with Gasteiger partial charge in [0.2, 0.25) is 10.0 Å². The van der Waals surface area contributed by atoms with Gasteiger partial charge < -0.3 is 5.32 Å². The van der Waals surface area contributed by atoms with E-state index in [0.29, 0.717) is 13.1 Å². The highest BCUT2D eigenvalue weighted by atomic mass is 35.5. The van der Waals surface area contributed by atoms with Gasteiger partial charge in [-0.1, -0.05) is 31.0 Å². The zero-order valence-corrected chi connectivity index (χ0v) is 13.5. The van der Waals surface area contributed by atoms with Crippen molar-refractivity contribution in [1.82, 2.24) is 10.0 Å². The number of hydrogen-bond acceptors (Lipinski definition) is 3. The third-order valence-electron chi connectivity index (χ3n) is 2.49. The van der Waals surface area contributed by atoms with E-state index in [2.05, 4.69) is 10.0 Å². The fraction of sp³-hybridized carbons (Fsp3) is 0.500. The lowest BCUT2D eigenvalue weighted by Gasteiger charge is -2.09. The van der Waals surface area contributed by atoms with Crippen LogP contribution in [0, 0.1) is 0 Å². The van der Waals surface area contributed by atoms with Gasteiger partial charge in [0.05, 0.1) is 5.02 Å². The van der Waals surface area contributed by atoms with Crippen molar-refractivity contribution in [3.05, 3.63) is 28.8 Å². The zero-order chi connectivity index (χ0) is 13.6. The van der Waals surface area contributed by atoms with Crippen LogP contribution in [0.25, 0.3) is 0 Å². The molecule has 0 spiro atoms. The summed E-state index contributed by atoms with van der Waals surface area (Å²) < 4.78 is 26.6. The molecular weight excluding hydrogens is 307 g/mol. The molecule has 0 aliphatic rings. The first-order valence-corrected chi connectivity index (χ1v) is 7.80. The summed E-state index contributed by atoms with van der Waals surface area (Å²) in [4.78, 5) is 0.159. The Bertz CT molecular complexity index is 493. The maximum atomic E-state index is 12.1. The summed E-state index contributed by atoms with van der Waals surface area (Å²) in [5.74, 6) is 0. The summed E-state index contributed by atoms with van der Waals surface area (Å²) in [6.45, 7) is 2.96. The first-order valence-electron chi connectivity index (χ1n) is 5.94. The Kier molecular flexibility index (Phi) is 8.61. The maximum absolute atomic E-state index is 12.1. The third kappa shape index (κ3) is 5.67. The fourth-order valence-corrected chi connectivity index (χ4v) is 3.17. The smallest absolute Gasteiger partial charge is 0.242 e. The van der Waals surface area contributed by atoms with Crippen LogP contribution in [-0.4, -0.2) is 28.6 Å². The molecule has 1 rings (SSSR count). The molecule has 0 saturated carbocycles. The number of aryl methyl sites for hydroxylation is 1. The second-order valence-electron chi connectivity index (χ2n) is 4.02. The van der Waals surface area contributed by atoms with Crippen molar-refractivity contribution in [2.45, 2.75) is 24.7 Å². The third-order valence-corrected chi connectivity index (χ3v) is 4.43. The molecule has 110 valence electrons. The minimum atomic E-state index is -3.53. The number of sulfonamides is 1. The van der Waals surface area contributed by atoms with E-state index < -0.39 is 10.0 Å². The maximum Gasteiger partial charge on any atom is 0.242 e. The lowest BCUT2D eigenvalue weighted by Crippen LogP contribution is -2.30. The van der Waals surface area contributed by atoms with Gasteiger partial charge in [-0.05, 0) is 31.2 Å². The van der Waals surface area contributed by atoms with Gasteiger partial charge in [-0.15, -0.1) is 12.4 Å². The van der Waals surface area contributed by atoms with Crippen LogP contribution in [0.3, 0.4) is 0 Å². The lowest BCUT2D eigenvalue weighted by atomic mass is 10.1. The number of hydrogen-bond donors (Lipinski definition) is 2. The highest BCUT2D eigenvalue weighted by molar-refractivity contribution is 7.89. The first kappa shape index (κ1) is 18.7. The molecule has 4 nitrogen and oxygen atoms in total. The Balaban J connectivity index is 0.00000324. The Morgan fingerprint density at radius 1 is 1.26 bits per heavy atom. The summed E-state index contributed by atoms with van der Waals surface area (Å²) in [5.41, 5.74) is 0.982. The molecule has 7 heteroatoms. The van der Waals surface area contributed by atoms with Crippen LogP contribution in [0.4, 0.5) is 0 Å². The molecule has 0 fully saturated rings. The summed E-state index contributed by atoms with van der Waals surface area (Å²) >= 11 is 5.96. The number of halogens is 2. The molecule has 0 heterocycles. The average Bonchev–Trinajstić information content (AvgIpc) is 2.32. The fourth-order valence-electron chi connectivity index (χ4n) is 1.59. The summed E-state index contributed by atoms with van der Waals surface area (Å²) in [6.07, 6.45) is 1.81. The minimum Gasteiger partial charge on any atom is -0.318 e. The molecule has 1 aromatic rings. The average molecular weight is 327 g/mol. The van der Waals surface area contributed by atoms with Gasteiger partial charge in [-0.2, -0.15) is 0 Å². The number of benzene rings is 1. The van der Waals surface area contributed by atoms with Crippen LogP contribution in [-0.2, 0) is 16.4 Å². The van der Waals surface area contributed by atoms with Crippen LogP contribution in [0.2, 0.25) is 5.02 Å². The minimum absolute atomic E-state index is 0. The van der Waals surface area contributed by atoms with Crippen molar-refractivity contribution in [2.24, 2.45) is 0 Å². The summed E-state index contributed by atoms with van der Waals surface area (Å²) in [6, 6.07) is 5.14. The van der Waals surface area contributed by atoms with Gasteiger partial charge in [0, 0.05) is 13.1 Å². The van der Waals surface area contributed by atoms with E-state index in [4.69, 9.17) is 11.6 Å². The van der Waals surface area contributed by atoms with Crippen LogP contribution in [0.1, 0.15) is 18.9 Å². The van der Waals surface area contributed by atoms with Gasteiger partial charge in [0.15, 0.2) is 0 Å². The predicted molar refractivity (Wildman–Crippen MR) is 81.8 cm³/mol. The van der Waals surface area contributed by atoms with E-state index in [1.54, 1.807) is 19.2 Å². The zero-order valence-electron chi connectivity index (χ0n) is 11.1. The van der Waals surface area contributed by atoms with Crippen LogP contribution < -0.4 is 10.0 Å². The molecule has 19 heavy (non-hydrogen) atoms. The van der Waals surface area contributed by atoms with Gasteiger partial charge in [-0.3, -0.25) is 0 Å². The van der Waals surface area contributed by atoms with E-state index >= 15 is 0 Å². The van der Waals surface area contributed by atoms with Crippen LogP contribution in [0.5, 0.6) is 0 Å². The molecule has 0 aliphatic heterocycles. The Morgan fingerprint density at radius 2 is 1.95 bits per heavy atom. The standard InChI is InChI=1S/C12H19ClN2O2S.ClH/c1-3-4-10-5-6-11(13)12(9-10)18(16,17)15-8-7-14-2;/h5-6,9,14-15H,3-4,7-8H2,1-2H3;1H. The lowest BCUT2D eigenvalue weighted by molar-refractivity contribution is 0.579. The second kappa shape index (κ2) is 8.76. The van der Waals surface area contributed by atoms with E-state index in [0.717, 1.165) is 18.4 Å². The molecule has 0 radical (unpaired) electrons. The van der Waals surface area contributed by atoms with Crippen molar-refractivity contribution in [3.63, 3.8) is 0 Å². The van der Waals surface area contributed by atoms with Crippen molar-refractivity contribution in [2.75, 3.05) is 20.1 Å². The molecule has 0 aromatic heterocycles. The first-order chi connectivity index (χ1) is 8.51. The molecule has 0 atom stereocenters. The van der Waals surface area contributed by atoms with Crippen LogP contribution >= 0.6 is 24.0 Å². The Morgan fingerprint density at radius 3 is 2.53 bits per heavy atom. The molecule has 0 bridgehead atoms. The normalized spacial score (nSPS) is 11.1. The number of likely N-dealkylation sites (N-methyl/N-ethyl adjacent to an activating group) is 1. The number of rotatable bonds is 7. The molecule has 1 aromatic carbocycles. The van der Waals surface area contributed by atoms with E-state index in [-0.39, 0.29) is 22.3 Å². The highest BCUT2D eigenvalue weighted by Crippen LogP contribution is 2.23. The molecule has 0 aliphatic carbocycles. The van der Waals surface area contributed by atoms with E-state index in [9.17, 15) is 8.42 Å². The highest BCUT2D eigenvalue weighted by Gasteiger charge is 2.17. The van der Waals surface area contributed by atoms with Crippen molar-refractivity contribution >= 4 is 34.0 Å². The van der Waals surface area contributed by atoms with Gasteiger partial charge in [-0.25, -0.2) is 13.1 Å². The number of nitrogens with one attached hydrogen (secondary N) is 2.